The Morgan fingerprint density at radius 2 is 2.45 bits per heavy atom. The fourth-order valence-electron chi connectivity index (χ4n) is 0.434. The third-order valence-corrected chi connectivity index (χ3v) is 1.17. The van der Waals surface area contributed by atoms with E-state index in [1.807, 2.05) is 6.92 Å². The zero-order valence-corrected chi connectivity index (χ0v) is 6.65. The number of hydrogen-bond acceptors (Lipinski definition) is 3. The summed E-state index contributed by atoms with van der Waals surface area (Å²) in [6.07, 6.45) is 0.665. The van der Waals surface area contributed by atoms with Gasteiger partial charge in [-0.2, -0.15) is 0 Å². The molecule has 0 bridgehead atoms. The zero-order chi connectivity index (χ0) is 8.69. The summed E-state index contributed by atoms with van der Waals surface area (Å²) in [7, 11) is 0. The Hall–Kier alpha value is -1.22. The van der Waals surface area contributed by atoms with Crippen molar-refractivity contribution in [2.24, 2.45) is 5.11 Å². The number of nitrogens with zero attached hydrogens (tertiary/aromatic N) is 3. The van der Waals surface area contributed by atoms with Crippen molar-refractivity contribution in [2.75, 3.05) is 6.54 Å². The van der Waals surface area contributed by atoms with E-state index < -0.39 is 5.97 Å². The molecule has 0 radical (unpaired) electrons. The van der Waals surface area contributed by atoms with Crippen LogP contribution in [0, 0.1) is 0 Å². The molecule has 0 aromatic heterocycles. The molecule has 0 spiro atoms. The summed E-state index contributed by atoms with van der Waals surface area (Å²) >= 11 is 0. The van der Waals surface area contributed by atoms with Crippen molar-refractivity contribution in [1.29, 1.82) is 0 Å². The lowest BCUT2D eigenvalue weighted by Gasteiger charge is -2.08. The molecule has 62 valence electrons. The predicted octanol–water partition coefficient (Wildman–Crippen LogP) is 1.64. The molecule has 1 unspecified atom stereocenters. The largest absolute Gasteiger partial charge is 0.463 e. The maximum Gasteiger partial charge on any atom is 0.311 e. The molecule has 0 fully saturated rings. The second kappa shape index (κ2) is 5.56. The number of hydrogen-bond donors (Lipinski definition) is 0. The molecule has 11 heavy (non-hydrogen) atoms. The molecule has 0 rings (SSSR count). The zero-order valence-electron chi connectivity index (χ0n) is 6.65. The summed E-state index contributed by atoms with van der Waals surface area (Å²) in [6.45, 7) is 3.47. The smallest absolute Gasteiger partial charge is 0.311 e. The molecule has 0 amide bonds. The van der Waals surface area contributed by atoms with E-state index in [0.717, 1.165) is 6.42 Å². The number of carbonyl (C=O) groups excluding carboxylic acids is 1. The van der Waals surface area contributed by atoms with Crippen LogP contribution in [0.4, 0.5) is 0 Å². The molecule has 0 aliphatic carbocycles. The Kier molecular flexibility index (Phi) is 4.94. The van der Waals surface area contributed by atoms with E-state index in [-0.39, 0.29) is 12.6 Å². The van der Waals surface area contributed by atoms with E-state index in [1.54, 1.807) is 6.92 Å². The Labute approximate surface area is 65.0 Å². The van der Waals surface area contributed by atoms with Crippen LogP contribution in [0.3, 0.4) is 0 Å². The average molecular weight is 157 g/mol. The first-order chi connectivity index (χ1) is 5.20. The summed E-state index contributed by atoms with van der Waals surface area (Å²) in [5, 5.41) is 3.07. The van der Waals surface area contributed by atoms with E-state index in [9.17, 15) is 4.79 Å². The van der Waals surface area contributed by atoms with Crippen LogP contribution < -0.4 is 0 Å². The molecule has 0 N–H and O–H groups in total. The molecule has 0 saturated carbocycles. The van der Waals surface area contributed by atoms with Gasteiger partial charge in [-0.1, -0.05) is 12.0 Å². The average Bonchev–Trinajstić information content (AvgIpc) is 2.00. The van der Waals surface area contributed by atoms with Gasteiger partial charge in [-0.25, -0.2) is 0 Å². The minimum Gasteiger partial charge on any atom is -0.463 e. The normalized spacial score (nSPS) is 11.5. The Balaban J connectivity index is 3.60. The minimum atomic E-state index is -0.475. The predicted molar refractivity (Wildman–Crippen MR) is 39.9 cm³/mol. The summed E-state index contributed by atoms with van der Waals surface area (Å²) in [5.74, 6) is -0.475. The van der Waals surface area contributed by atoms with Crippen molar-refractivity contribution in [3.05, 3.63) is 10.4 Å². The lowest BCUT2D eigenvalue weighted by molar-refractivity contribution is -0.146. The molecule has 5 heteroatoms. The molecule has 1 atom stereocenters. The summed E-state index contributed by atoms with van der Waals surface area (Å²) in [5.41, 5.74) is 7.86. The van der Waals surface area contributed by atoms with Crippen molar-refractivity contribution in [3.8, 4) is 0 Å². The van der Waals surface area contributed by atoms with Gasteiger partial charge in [0.2, 0.25) is 0 Å². The molecule has 5 nitrogen and oxygen atoms in total. The summed E-state index contributed by atoms with van der Waals surface area (Å²) in [6, 6.07) is 0. The first-order valence-electron chi connectivity index (χ1n) is 3.41. The highest BCUT2D eigenvalue weighted by molar-refractivity contribution is 5.71. The van der Waals surface area contributed by atoms with Gasteiger partial charge in [-0.05, 0) is 18.9 Å². The van der Waals surface area contributed by atoms with Crippen LogP contribution in [-0.2, 0) is 9.53 Å². The van der Waals surface area contributed by atoms with Crippen LogP contribution in [-0.4, -0.2) is 18.6 Å². The van der Waals surface area contributed by atoms with Crippen molar-refractivity contribution < 1.29 is 9.53 Å². The van der Waals surface area contributed by atoms with E-state index in [4.69, 9.17) is 10.3 Å². The molecule has 0 saturated heterocycles. The van der Waals surface area contributed by atoms with Gasteiger partial charge in [-0.3, -0.25) is 4.79 Å². The Morgan fingerprint density at radius 3 is 2.91 bits per heavy atom. The van der Waals surface area contributed by atoms with Gasteiger partial charge >= 0.3 is 5.97 Å². The van der Waals surface area contributed by atoms with Gasteiger partial charge in [-0.15, -0.1) is 0 Å². The van der Waals surface area contributed by atoms with Crippen molar-refractivity contribution in [1.82, 2.24) is 0 Å². The Bertz CT molecular complexity index is 175. The highest BCUT2D eigenvalue weighted by Crippen LogP contribution is 1.96. The van der Waals surface area contributed by atoms with Crippen LogP contribution in [0.5, 0.6) is 0 Å². The summed E-state index contributed by atoms with van der Waals surface area (Å²) < 4.78 is 4.80. The quantitative estimate of drug-likeness (QED) is 0.269. The minimum absolute atomic E-state index is 0.101. The molecular formula is C6H11N3O2. The Morgan fingerprint density at radius 1 is 1.82 bits per heavy atom. The fraction of sp³-hybridized carbons (Fsp3) is 0.833. The van der Waals surface area contributed by atoms with Crippen LogP contribution in [0.25, 0.3) is 10.4 Å². The summed E-state index contributed by atoms with van der Waals surface area (Å²) in [4.78, 5) is 13.1. The second-order valence-corrected chi connectivity index (χ2v) is 2.10. The third kappa shape index (κ3) is 5.24. The van der Waals surface area contributed by atoms with E-state index in [1.165, 1.54) is 0 Å². The van der Waals surface area contributed by atoms with Gasteiger partial charge in [0.25, 0.3) is 0 Å². The van der Waals surface area contributed by atoms with Gasteiger partial charge in [0.15, 0.2) is 0 Å². The lowest BCUT2D eigenvalue weighted by Crippen LogP contribution is -2.15. The van der Waals surface area contributed by atoms with E-state index in [2.05, 4.69) is 10.0 Å². The first kappa shape index (κ1) is 9.78. The van der Waals surface area contributed by atoms with Crippen LogP contribution in [0.15, 0.2) is 5.11 Å². The molecule has 0 aromatic rings. The van der Waals surface area contributed by atoms with Gasteiger partial charge in [0.1, 0.15) is 6.54 Å². The molecule has 0 aromatic carbocycles. The number of azide groups is 1. The third-order valence-electron chi connectivity index (χ3n) is 1.17. The first-order valence-corrected chi connectivity index (χ1v) is 3.41. The number of esters is 1. The van der Waals surface area contributed by atoms with Crippen LogP contribution >= 0.6 is 0 Å². The van der Waals surface area contributed by atoms with Crippen molar-refractivity contribution >= 4 is 5.97 Å². The fourth-order valence-corrected chi connectivity index (χ4v) is 0.434. The molecular weight excluding hydrogens is 146 g/mol. The monoisotopic (exact) mass is 157 g/mol. The SMILES string of the molecule is CCC(C)OC(=O)CN=[N+]=[N-]. The van der Waals surface area contributed by atoms with Crippen molar-refractivity contribution in [3.63, 3.8) is 0 Å². The van der Waals surface area contributed by atoms with Gasteiger partial charge in [0, 0.05) is 4.91 Å². The van der Waals surface area contributed by atoms with E-state index in [0.29, 0.717) is 0 Å². The number of carbonyl (C=O) groups is 1. The van der Waals surface area contributed by atoms with Crippen molar-refractivity contribution in [2.45, 2.75) is 26.4 Å². The maximum absolute atomic E-state index is 10.7. The maximum atomic E-state index is 10.7. The number of rotatable bonds is 4. The molecule has 0 aliphatic heterocycles. The van der Waals surface area contributed by atoms with Gasteiger partial charge in [0.05, 0.1) is 6.10 Å². The highest BCUT2D eigenvalue weighted by Gasteiger charge is 2.04. The molecule has 0 heterocycles. The standard InChI is InChI=1S/C6H11N3O2/c1-3-5(2)11-6(10)4-8-9-7/h5H,3-4H2,1-2H3. The van der Waals surface area contributed by atoms with Crippen LogP contribution in [0.2, 0.25) is 0 Å². The lowest BCUT2D eigenvalue weighted by atomic mass is 10.3. The highest BCUT2D eigenvalue weighted by atomic mass is 16.5. The topological polar surface area (TPSA) is 75.1 Å². The van der Waals surface area contributed by atoms with Crippen LogP contribution in [0.1, 0.15) is 20.3 Å². The van der Waals surface area contributed by atoms with E-state index >= 15 is 0 Å². The number of ether oxygens (including phenoxy) is 1. The second-order valence-electron chi connectivity index (χ2n) is 2.10. The van der Waals surface area contributed by atoms with Gasteiger partial charge < -0.3 is 4.74 Å². The molecule has 0 aliphatic rings.